The monoisotopic (exact) mass is 508 g/mol. The summed E-state index contributed by atoms with van der Waals surface area (Å²) in [5.74, 6) is 1.30. The van der Waals surface area contributed by atoms with Gasteiger partial charge in [-0.15, -0.1) is 0 Å². The Kier molecular flexibility index (Phi) is 6.57. The quantitative estimate of drug-likeness (QED) is 0.446. The predicted octanol–water partition coefficient (Wildman–Crippen LogP) is 5.93. The van der Waals surface area contributed by atoms with Gasteiger partial charge in [-0.25, -0.2) is 13.4 Å². The summed E-state index contributed by atoms with van der Waals surface area (Å²) >= 11 is 0. The second kappa shape index (κ2) is 9.54. The average Bonchev–Trinajstić information content (AvgIpc) is 3.16. The highest BCUT2D eigenvalue weighted by Crippen LogP contribution is 2.46. The summed E-state index contributed by atoms with van der Waals surface area (Å²) in [6.45, 7) is 7.07. The van der Waals surface area contributed by atoms with Crippen LogP contribution in [0.2, 0.25) is 0 Å². The van der Waals surface area contributed by atoms with Gasteiger partial charge in [0.05, 0.1) is 22.5 Å². The van der Waals surface area contributed by atoms with Crippen LogP contribution in [0.25, 0.3) is 11.0 Å². The van der Waals surface area contributed by atoms with Gasteiger partial charge in [-0.05, 0) is 79.8 Å². The van der Waals surface area contributed by atoms with Crippen LogP contribution < -0.4 is 10.6 Å². The number of fused-ring (bicyclic) bond motifs is 1. The van der Waals surface area contributed by atoms with Crippen LogP contribution in [0.3, 0.4) is 0 Å². The van der Waals surface area contributed by atoms with Crippen molar-refractivity contribution < 1.29 is 13.2 Å². The van der Waals surface area contributed by atoms with E-state index in [0.29, 0.717) is 30.5 Å². The molecular formula is C28H36N4O3S. The number of hydrogen-bond acceptors (Lipinski definition) is 5. The number of para-hydroxylation sites is 2. The topological polar surface area (TPSA) is 93.1 Å². The SMILES string of the molecule is C[C@H]1C[C@@H](n2c(Nc3ccc(NC(=O)C4CCS(=O)(=O)CC4)cc3)nc3ccccc32)CC(C)(C)C1. The van der Waals surface area contributed by atoms with Crippen molar-refractivity contribution in [1.29, 1.82) is 0 Å². The maximum Gasteiger partial charge on any atom is 0.227 e. The fourth-order valence-electron chi connectivity index (χ4n) is 6.16. The number of amides is 1. The van der Waals surface area contributed by atoms with Crippen molar-refractivity contribution in [3.05, 3.63) is 48.5 Å². The molecule has 2 heterocycles. The third-order valence-electron chi connectivity index (χ3n) is 7.66. The van der Waals surface area contributed by atoms with E-state index < -0.39 is 9.84 Å². The van der Waals surface area contributed by atoms with Crippen LogP contribution in [0.5, 0.6) is 0 Å². The van der Waals surface area contributed by atoms with Crippen molar-refractivity contribution in [2.24, 2.45) is 17.3 Å². The Labute approximate surface area is 213 Å². The van der Waals surface area contributed by atoms with Crippen LogP contribution in [-0.2, 0) is 14.6 Å². The molecule has 2 aromatic carbocycles. The first-order valence-corrected chi connectivity index (χ1v) is 14.8. The van der Waals surface area contributed by atoms with Gasteiger partial charge in [-0.1, -0.05) is 32.9 Å². The molecular weight excluding hydrogens is 472 g/mol. The lowest BCUT2D eigenvalue weighted by Gasteiger charge is -2.40. The molecule has 192 valence electrons. The molecule has 2 fully saturated rings. The van der Waals surface area contributed by atoms with Gasteiger partial charge in [0.15, 0.2) is 0 Å². The van der Waals surface area contributed by atoms with Crippen molar-refractivity contribution in [3.8, 4) is 0 Å². The molecule has 8 heteroatoms. The Morgan fingerprint density at radius 2 is 1.67 bits per heavy atom. The number of rotatable bonds is 5. The Morgan fingerprint density at radius 3 is 2.36 bits per heavy atom. The smallest absolute Gasteiger partial charge is 0.227 e. The molecule has 5 rings (SSSR count). The first-order chi connectivity index (χ1) is 17.1. The zero-order valence-corrected chi connectivity index (χ0v) is 22.1. The number of nitrogens with zero attached hydrogens (tertiary/aromatic N) is 2. The second-order valence-electron chi connectivity index (χ2n) is 11.5. The van der Waals surface area contributed by atoms with Gasteiger partial charge < -0.3 is 15.2 Å². The van der Waals surface area contributed by atoms with Gasteiger partial charge in [0.1, 0.15) is 9.84 Å². The van der Waals surface area contributed by atoms with E-state index in [4.69, 9.17) is 4.98 Å². The summed E-state index contributed by atoms with van der Waals surface area (Å²) in [4.78, 5) is 17.6. The third kappa shape index (κ3) is 5.43. The summed E-state index contributed by atoms with van der Waals surface area (Å²) < 4.78 is 25.7. The minimum Gasteiger partial charge on any atom is -0.326 e. The number of hydrogen-bond donors (Lipinski definition) is 2. The lowest BCUT2D eigenvalue weighted by atomic mass is 9.70. The lowest BCUT2D eigenvalue weighted by Crippen LogP contribution is -2.31. The highest BCUT2D eigenvalue weighted by atomic mass is 32.2. The van der Waals surface area contributed by atoms with E-state index in [1.54, 1.807) is 0 Å². The van der Waals surface area contributed by atoms with Crippen molar-refractivity contribution in [2.75, 3.05) is 22.1 Å². The van der Waals surface area contributed by atoms with Gasteiger partial charge in [0, 0.05) is 23.3 Å². The van der Waals surface area contributed by atoms with Gasteiger partial charge in [-0.2, -0.15) is 0 Å². The van der Waals surface area contributed by atoms with Crippen LogP contribution in [0.1, 0.15) is 58.9 Å². The summed E-state index contributed by atoms with van der Waals surface area (Å²) in [6.07, 6.45) is 4.26. The molecule has 2 N–H and O–H groups in total. The van der Waals surface area contributed by atoms with Crippen molar-refractivity contribution in [3.63, 3.8) is 0 Å². The van der Waals surface area contributed by atoms with Gasteiger partial charge in [0.2, 0.25) is 11.9 Å². The Morgan fingerprint density at radius 1 is 1.00 bits per heavy atom. The molecule has 1 aromatic heterocycles. The number of sulfone groups is 1. The van der Waals surface area contributed by atoms with E-state index in [-0.39, 0.29) is 28.7 Å². The minimum absolute atomic E-state index is 0.0892. The van der Waals surface area contributed by atoms with E-state index in [1.165, 1.54) is 6.42 Å². The van der Waals surface area contributed by atoms with Crippen LogP contribution >= 0.6 is 0 Å². The zero-order chi connectivity index (χ0) is 25.5. The number of carbonyl (C=O) groups excluding carboxylic acids is 1. The summed E-state index contributed by atoms with van der Waals surface area (Å²) in [7, 11) is -2.98. The fraction of sp³-hybridized carbons (Fsp3) is 0.500. The molecule has 7 nitrogen and oxygen atoms in total. The first-order valence-electron chi connectivity index (χ1n) is 12.9. The maximum absolute atomic E-state index is 12.6. The number of carbonyl (C=O) groups is 1. The number of imidazole rings is 1. The summed E-state index contributed by atoms with van der Waals surface area (Å²) in [6, 6.07) is 16.3. The average molecular weight is 509 g/mol. The van der Waals surface area contributed by atoms with Crippen LogP contribution in [0, 0.1) is 17.3 Å². The van der Waals surface area contributed by atoms with Crippen molar-refractivity contribution >= 4 is 44.1 Å². The molecule has 1 aliphatic heterocycles. The molecule has 3 aromatic rings. The van der Waals surface area contributed by atoms with E-state index in [0.717, 1.165) is 35.5 Å². The zero-order valence-electron chi connectivity index (χ0n) is 21.3. The first kappa shape index (κ1) is 24.8. The van der Waals surface area contributed by atoms with Crippen LogP contribution in [0.15, 0.2) is 48.5 Å². The van der Waals surface area contributed by atoms with E-state index >= 15 is 0 Å². The second-order valence-corrected chi connectivity index (χ2v) is 13.8. The fourth-order valence-corrected chi connectivity index (χ4v) is 7.65. The van der Waals surface area contributed by atoms with Gasteiger partial charge in [0.25, 0.3) is 0 Å². The highest BCUT2D eigenvalue weighted by molar-refractivity contribution is 7.91. The van der Waals surface area contributed by atoms with Crippen molar-refractivity contribution in [1.82, 2.24) is 9.55 Å². The molecule has 2 aliphatic rings. The Balaban J connectivity index is 1.33. The number of aromatic nitrogens is 2. The molecule has 2 atom stereocenters. The lowest BCUT2D eigenvalue weighted by molar-refractivity contribution is -0.120. The molecule has 0 spiro atoms. The number of anilines is 3. The molecule has 1 saturated carbocycles. The molecule has 0 bridgehead atoms. The van der Waals surface area contributed by atoms with E-state index in [1.807, 2.05) is 30.3 Å². The van der Waals surface area contributed by atoms with Crippen LogP contribution in [-0.4, -0.2) is 35.4 Å². The highest BCUT2D eigenvalue weighted by Gasteiger charge is 2.34. The van der Waals surface area contributed by atoms with Gasteiger partial charge >= 0.3 is 0 Å². The number of nitrogens with one attached hydrogen (secondary N) is 2. The largest absolute Gasteiger partial charge is 0.326 e. The summed E-state index contributed by atoms with van der Waals surface area (Å²) in [5, 5.41) is 6.47. The van der Waals surface area contributed by atoms with Crippen molar-refractivity contribution in [2.45, 2.75) is 58.9 Å². The Hall–Kier alpha value is -2.87. The maximum atomic E-state index is 12.6. The standard InChI is InChI=1S/C28H36N4O3S/c1-19-16-23(18-28(2,3)17-19)32-25-7-5-4-6-24(25)31-27(32)30-22-10-8-21(9-11-22)29-26(33)20-12-14-36(34,35)15-13-20/h4-11,19-20,23H,12-18H2,1-3H3,(H,29,33)(H,30,31)/t19-,23+/m0/s1. The predicted molar refractivity (Wildman–Crippen MR) is 145 cm³/mol. The third-order valence-corrected chi connectivity index (χ3v) is 9.37. The molecule has 0 radical (unpaired) electrons. The van der Waals surface area contributed by atoms with Crippen LogP contribution in [0.4, 0.5) is 17.3 Å². The van der Waals surface area contributed by atoms with E-state index in [9.17, 15) is 13.2 Å². The number of benzene rings is 2. The molecule has 36 heavy (non-hydrogen) atoms. The molecule has 1 amide bonds. The molecule has 1 saturated heterocycles. The Bertz CT molecular complexity index is 1350. The van der Waals surface area contributed by atoms with Gasteiger partial charge in [-0.3, -0.25) is 4.79 Å². The molecule has 1 aliphatic carbocycles. The van der Waals surface area contributed by atoms with E-state index in [2.05, 4.69) is 54.2 Å². The summed E-state index contributed by atoms with van der Waals surface area (Å²) in [5.41, 5.74) is 4.02. The normalized spacial score (nSPS) is 23.9. The molecule has 0 unspecified atom stereocenters. The minimum atomic E-state index is -2.98.